The molecule has 0 fully saturated rings. The largest absolute Gasteiger partial charge is 0.506 e. The minimum atomic E-state index is -4.00. The van der Waals surface area contributed by atoms with Crippen molar-refractivity contribution >= 4 is 20.8 Å². The smallest absolute Gasteiger partial charge is 0.242 e. The molecule has 0 spiro atoms. The van der Waals surface area contributed by atoms with Crippen LogP contribution in [0.5, 0.6) is 5.75 Å². The Labute approximate surface area is 118 Å². The molecule has 0 saturated heterocycles. The predicted molar refractivity (Wildman–Crippen MR) is 77.2 cm³/mol. The van der Waals surface area contributed by atoms with Gasteiger partial charge in [0.25, 0.3) is 0 Å². The molecule has 20 heavy (non-hydrogen) atoms. The van der Waals surface area contributed by atoms with Gasteiger partial charge in [0.15, 0.2) is 0 Å². The molecule has 6 heteroatoms. The van der Waals surface area contributed by atoms with Gasteiger partial charge in [-0.25, -0.2) is 13.6 Å². The summed E-state index contributed by atoms with van der Waals surface area (Å²) >= 11 is 0. The first kappa shape index (κ1) is 14.8. The molecule has 0 unspecified atom stereocenters. The molecule has 0 aliphatic carbocycles. The van der Waals surface area contributed by atoms with Crippen molar-refractivity contribution in [1.29, 1.82) is 0 Å². The van der Waals surface area contributed by atoms with Crippen LogP contribution in [0.2, 0.25) is 0 Å². The van der Waals surface area contributed by atoms with Crippen molar-refractivity contribution in [2.45, 2.75) is 18.2 Å². The minimum absolute atomic E-state index is 0.220. The van der Waals surface area contributed by atoms with Crippen LogP contribution in [0.4, 0.5) is 0 Å². The Balaban J connectivity index is 2.64. The molecule has 2 aromatic rings. The zero-order chi connectivity index (χ0) is 14.8. The van der Waals surface area contributed by atoms with E-state index in [-0.39, 0.29) is 10.6 Å². The van der Waals surface area contributed by atoms with E-state index in [1.807, 2.05) is 6.92 Å². The summed E-state index contributed by atoms with van der Waals surface area (Å²) in [5.74, 6) is -0.286. The van der Waals surface area contributed by atoms with E-state index in [1.165, 1.54) is 0 Å². The molecule has 0 bridgehead atoms. The average Bonchev–Trinajstić information content (AvgIpc) is 2.38. The van der Waals surface area contributed by atoms with Gasteiger partial charge in [0.1, 0.15) is 10.6 Å². The van der Waals surface area contributed by atoms with Gasteiger partial charge in [-0.2, -0.15) is 0 Å². The number of rotatable bonds is 5. The van der Waals surface area contributed by atoms with Gasteiger partial charge in [-0.15, -0.1) is 0 Å². The molecule has 0 aliphatic rings. The first-order chi connectivity index (χ1) is 9.45. The maximum atomic E-state index is 11.7. The summed E-state index contributed by atoms with van der Waals surface area (Å²) < 4.78 is 28.7. The predicted octanol–water partition coefficient (Wildman–Crippen LogP) is 1.77. The van der Waals surface area contributed by atoms with E-state index in [9.17, 15) is 13.5 Å². The third-order valence-electron chi connectivity index (χ3n) is 3.06. The molecule has 5 nitrogen and oxygen atoms in total. The normalized spacial score (nSPS) is 11.9. The van der Waals surface area contributed by atoms with Crippen LogP contribution in [0, 0.1) is 0 Å². The zero-order valence-electron chi connectivity index (χ0n) is 11.2. The molecule has 0 aromatic heterocycles. The molecule has 2 rings (SSSR count). The quantitative estimate of drug-likeness (QED) is 0.823. The highest BCUT2D eigenvalue weighted by Crippen LogP contribution is 2.34. The summed E-state index contributed by atoms with van der Waals surface area (Å²) in [5, 5.41) is 16.6. The van der Waals surface area contributed by atoms with Gasteiger partial charge in [0.05, 0.1) is 6.61 Å². The Hall–Kier alpha value is -1.63. The number of fused-ring (bicyclic) bond motifs is 1. The lowest BCUT2D eigenvalue weighted by atomic mass is 10.0. The first-order valence-corrected chi connectivity index (χ1v) is 7.84. The SMILES string of the molecule is CCOCCc1cc2ccccc2c(S(N)(=O)=O)c1O. The van der Waals surface area contributed by atoms with Gasteiger partial charge < -0.3 is 9.84 Å². The second-order valence-corrected chi connectivity index (χ2v) is 5.92. The lowest BCUT2D eigenvalue weighted by molar-refractivity contribution is 0.150. The Bertz CT molecular complexity index is 725. The van der Waals surface area contributed by atoms with Crippen molar-refractivity contribution in [2.75, 3.05) is 13.2 Å². The van der Waals surface area contributed by atoms with Crippen molar-refractivity contribution in [3.63, 3.8) is 0 Å². The highest BCUT2D eigenvalue weighted by Gasteiger charge is 2.21. The maximum Gasteiger partial charge on any atom is 0.242 e. The van der Waals surface area contributed by atoms with Gasteiger partial charge in [-0.05, 0) is 30.4 Å². The number of hydrogen-bond acceptors (Lipinski definition) is 4. The van der Waals surface area contributed by atoms with Gasteiger partial charge in [-0.1, -0.05) is 24.3 Å². The van der Waals surface area contributed by atoms with Crippen molar-refractivity contribution in [3.8, 4) is 5.75 Å². The van der Waals surface area contributed by atoms with Crippen molar-refractivity contribution < 1.29 is 18.3 Å². The Morgan fingerprint density at radius 3 is 2.65 bits per heavy atom. The lowest BCUT2D eigenvalue weighted by Crippen LogP contribution is -2.14. The number of phenolic OH excluding ortho intramolecular Hbond substituents is 1. The van der Waals surface area contributed by atoms with E-state index in [0.29, 0.717) is 30.6 Å². The molecule has 2 aromatic carbocycles. The number of ether oxygens (including phenoxy) is 1. The fourth-order valence-electron chi connectivity index (χ4n) is 2.16. The fraction of sp³-hybridized carbons (Fsp3) is 0.286. The van der Waals surface area contributed by atoms with E-state index < -0.39 is 10.0 Å². The van der Waals surface area contributed by atoms with Crippen LogP contribution >= 0.6 is 0 Å². The molecule has 0 amide bonds. The molecule has 0 radical (unpaired) electrons. The average molecular weight is 295 g/mol. The van der Waals surface area contributed by atoms with Crippen molar-refractivity contribution in [1.82, 2.24) is 0 Å². The van der Waals surface area contributed by atoms with E-state index in [0.717, 1.165) is 5.39 Å². The van der Waals surface area contributed by atoms with E-state index in [2.05, 4.69) is 0 Å². The van der Waals surface area contributed by atoms with Crippen LogP contribution in [0.1, 0.15) is 12.5 Å². The van der Waals surface area contributed by atoms with Crippen molar-refractivity contribution in [2.24, 2.45) is 5.14 Å². The topological polar surface area (TPSA) is 89.6 Å². The summed E-state index contributed by atoms with van der Waals surface area (Å²) in [7, 11) is -4.00. The van der Waals surface area contributed by atoms with Crippen molar-refractivity contribution in [3.05, 3.63) is 35.9 Å². The standard InChI is InChI=1S/C14H17NO4S/c1-2-19-8-7-11-9-10-5-3-4-6-12(10)14(13(11)16)20(15,17)18/h3-6,9,16H,2,7-8H2,1H3,(H2,15,17,18). The molecular formula is C14H17NO4S. The van der Waals surface area contributed by atoms with Crippen LogP contribution in [0.15, 0.2) is 35.2 Å². The number of benzene rings is 2. The van der Waals surface area contributed by atoms with Crippen LogP contribution < -0.4 is 5.14 Å². The summed E-state index contributed by atoms with van der Waals surface area (Å²) in [6, 6.07) is 8.68. The number of sulfonamides is 1. The molecule has 0 heterocycles. The van der Waals surface area contributed by atoms with E-state index >= 15 is 0 Å². The summed E-state index contributed by atoms with van der Waals surface area (Å²) in [6.45, 7) is 2.85. The molecule has 3 N–H and O–H groups in total. The van der Waals surface area contributed by atoms with Crippen LogP contribution in [0.25, 0.3) is 10.8 Å². The number of aromatic hydroxyl groups is 1. The van der Waals surface area contributed by atoms with Gasteiger partial charge in [0, 0.05) is 12.0 Å². The lowest BCUT2D eigenvalue weighted by Gasteiger charge is -2.12. The number of nitrogens with two attached hydrogens (primary N) is 1. The fourth-order valence-corrected chi connectivity index (χ4v) is 3.06. The molecule has 0 saturated carbocycles. The zero-order valence-corrected chi connectivity index (χ0v) is 12.0. The van der Waals surface area contributed by atoms with Crippen LogP contribution in [-0.2, 0) is 21.2 Å². The number of hydrogen-bond donors (Lipinski definition) is 2. The monoisotopic (exact) mass is 295 g/mol. The second-order valence-electron chi connectivity index (χ2n) is 4.43. The Kier molecular flexibility index (Phi) is 4.27. The highest BCUT2D eigenvalue weighted by atomic mass is 32.2. The minimum Gasteiger partial charge on any atom is -0.506 e. The number of phenols is 1. The van der Waals surface area contributed by atoms with E-state index in [4.69, 9.17) is 9.88 Å². The maximum absolute atomic E-state index is 11.7. The second kappa shape index (κ2) is 5.78. The first-order valence-electron chi connectivity index (χ1n) is 6.29. The molecule has 0 aliphatic heterocycles. The Morgan fingerprint density at radius 1 is 1.30 bits per heavy atom. The van der Waals surface area contributed by atoms with Gasteiger partial charge in [-0.3, -0.25) is 0 Å². The summed E-state index contributed by atoms with van der Waals surface area (Å²) in [6.07, 6.45) is 0.424. The highest BCUT2D eigenvalue weighted by molar-refractivity contribution is 7.89. The van der Waals surface area contributed by atoms with Gasteiger partial charge >= 0.3 is 0 Å². The summed E-state index contributed by atoms with van der Waals surface area (Å²) in [4.78, 5) is -0.220. The number of primary sulfonamides is 1. The molecule has 108 valence electrons. The van der Waals surface area contributed by atoms with E-state index in [1.54, 1.807) is 30.3 Å². The van der Waals surface area contributed by atoms with Crippen LogP contribution in [0.3, 0.4) is 0 Å². The third-order valence-corrected chi connectivity index (χ3v) is 4.04. The third kappa shape index (κ3) is 2.92. The van der Waals surface area contributed by atoms with Gasteiger partial charge in [0.2, 0.25) is 10.0 Å². The molecular weight excluding hydrogens is 278 g/mol. The summed E-state index contributed by atoms with van der Waals surface area (Å²) in [5.41, 5.74) is 0.515. The Morgan fingerprint density at radius 2 is 2.00 bits per heavy atom. The van der Waals surface area contributed by atoms with Crippen LogP contribution in [-0.4, -0.2) is 26.7 Å². The molecule has 0 atom stereocenters.